The van der Waals surface area contributed by atoms with Crippen LogP contribution in [0.4, 0.5) is 0 Å². The van der Waals surface area contributed by atoms with Gasteiger partial charge >= 0.3 is 0 Å². The Morgan fingerprint density at radius 2 is 2.25 bits per heavy atom. The number of hydrogen-bond donors (Lipinski definition) is 1. The molecule has 7 heteroatoms. The van der Waals surface area contributed by atoms with Crippen LogP contribution in [0, 0.1) is 6.92 Å². The SMILES string of the molecule is CCn1ncc(C(=S)c2ccc3c(c2C)C(=NOC)CCS3)c1O. The smallest absolute Gasteiger partial charge is 0.218 e. The first kappa shape index (κ1) is 17.0. The number of aromatic hydroxyl groups is 1. The fraction of sp³-hybridized carbons (Fsp3) is 0.353. The van der Waals surface area contributed by atoms with E-state index in [9.17, 15) is 5.11 Å². The standard InChI is InChI=1S/C17H19N3O2S2/c1-4-20-17(21)12(9-18-20)16(23)11-5-6-14-15(10(11)2)13(19-22-3)7-8-24-14/h5-6,9,21H,4,7-8H2,1-3H3. The lowest BCUT2D eigenvalue weighted by atomic mass is 9.94. The quantitative estimate of drug-likeness (QED) is 0.513. The second-order valence-electron chi connectivity index (χ2n) is 5.46. The van der Waals surface area contributed by atoms with Crippen molar-refractivity contribution in [2.45, 2.75) is 31.7 Å². The van der Waals surface area contributed by atoms with Crippen molar-refractivity contribution in [2.75, 3.05) is 12.9 Å². The molecule has 1 N–H and O–H groups in total. The first-order valence-electron chi connectivity index (χ1n) is 7.74. The summed E-state index contributed by atoms with van der Waals surface area (Å²) < 4.78 is 1.53. The van der Waals surface area contributed by atoms with Crippen molar-refractivity contribution in [3.63, 3.8) is 0 Å². The number of aromatic nitrogens is 2. The van der Waals surface area contributed by atoms with Gasteiger partial charge in [-0.3, -0.25) is 0 Å². The van der Waals surface area contributed by atoms with E-state index in [1.807, 2.05) is 31.7 Å². The highest BCUT2D eigenvalue weighted by Gasteiger charge is 2.23. The van der Waals surface area contributed by atoms with Crippen LogP contribution in [0.25, 0.3) is 0 Å². The van der Waals surface area contributed by atoms with E-state index in [0.29, 0.717) is 17.0 Å². The van der Waals surface area contributed by atoms with Gasteiger partial charge in [0.25, 0.3) is 0 Å². The van der Waals surface area contributed by atoms with Crippen molar-refractivity contribution < 1.29 is 9.94 Å². The van der Waals surface area contributed by atoms with Crippen molar-refractivity contribution in [2.24, 2.45) is 5.16 Å². The van der Waals surface area contributed by atoms with Gasteiger partial charge in [-0.05, 0) is 31.0 Å². The maximum atomic E-state index is 10.3. The van der Waals surface area contributed by atoms with E-state index in [4.69, 9.17) is 17.1 Å². The lowest BCUT2D eigenvalue weighted by molar-refractivity contribution is 0.213. The topological polar surface area (TPSA) is 59.6 Å². The van der Waals surface area contributed by atoms with E-state index in [1.54, 1.807) is 13.3 Å². The maximum absolute atomic E-state index is 10.3. The third kappa shape index (κ3) is 2.82. The van der Waals surface area contributed by atoms with Gasteiger partial charge in [0.2, 0.25) is 5.88 Å². The van der Waals surface area contributed by atoms with Crippen LogP contribution in [0.1, 0.15) is 35.6 Å². The molecule has 0 unspecified atom stereocenters. The highest BCUT2D eigenvalue weighted by molar-refractivity contribution is 7.99. The summed E-state index contributed by atoms with van der Waals surface area (Å²) in [5.41, 5.74) is 4.60. The molecule has 24 heavy (non-hydrogen) atoms. The largest absolute Gasteiger partial charge is 0.493 e. The normalized spacial score (nSPS) is 15.4. The van der Waals surface area contributed by atoms with E-state index in [2.05, 4.69) is 16.3 Å². The zero-order valence-corrected chi connectivity index (χ0v) is 15.5. The molecule has 0 amide bonds. The number of hydrogen-bond acceptors (Lipinski definition) is 6. The van der Waals surface area contributed by atoms with Gasteiger partial charge < -0.3 is 9.94 Å². The summed E-state index contributed by atoms with van der Waals surface area (Å²) in [7, 11) is 1.56. The molecule has 0 aliphatic carbocycles. The molecule has 0 saturated heterocycles. The highest BCUT2D eigenvalue weighted by Crippen LogP contribution is 2.35. The van der Waals surface area contributed by atoms with Gasteiger partial charge in [-0.2, -0.15) is 5.10 Å². The molecule has 1 aliphatic rings. The molecule has 1 aliphatic heterocycles. The van der Waals surface area contributed by atoms with Crippen molar-refractivity contribution in [1.29, 1.82) is 0 Å². The van der Waals surface area contributed by atoms with Gasteiger partial charge in [-0.25, -0.2) is 4.68 Å². The average molecular weight is 361 g/mol. The third-order valence-electron chi connectivity index (χ3n) is 4.11. The van der Waals surface area contributed by atoms with Crippen molar-refractivity contribution in [3.8, 4) is 5.88 Å². The van der Waals surface area contributed by atoms with E-state index < -0.39 is 0 Å². The lowest BCUT2D eigenvalue weighted by Crippen LogP contribution is -2.15. The molecule has 3 rings (SSSR count). The van der Waals surface area contributed by atoms with Crippen LogP contribution in [0.15, 0.2) is 28.4 Å². The van der Waals surface area contributed by atoms with E-state index in [-0.39, 0.29) is 5.88 Å². The number of rotatable bonds is 4. The Morgan fingerprint density at radius 3 is 2.92 bits per heavy atom. The minimum Gasteiger partial charge on any atom is -0.493 e. The summed E-state index contributed by atoms with van der Waals surface area (Å²) in [6, 6.07) is 4.09. The molecule has 5 nitrogen and oxygen atoms in total. The Morgan fingerprint density at radius 1 is 1.46 bits per heavy atom. The number of oxime groups is 1. The Bertz CT molecular complexity index is 827. The summed E-state index contributed by atoms with van der Waals surface area (Å²) in [5, 5.41) is 18.7. The summed E-state index contributed by atoms with van der Waals surface area (Å²) in [4.78, 5) is 6.79. The predicted octanol–water partition coefficient (Wildman–Crippen LogP) is 3.53. The zero-order chi connectivity index (χ0) is 17.3. The average Bonchev–Trinajstić information content (AvgIpc) is 2.95. The predicted molar refractivity (Wildman–Crippen MR) is 100 cm³/mol. The van der Waals surface area contributed by atoms with Crippen LogP contribution >= 0.6 is 24.0 Å². The molecule has 0 spiro atoms. The number of aryl methyl sites for hydroxylation is 1. The summed E-state index contributed by atoms with van der Waals surface area (Å²) in [6.45, 7) is 4.56. The third-order valence-corrected chi connectivity index (χ3v) is 5.61. The van der Waals surface area contributed by atoms with Crippen LogP contribution in [-0.4, -0.2) is 38.3 Å². The molecule has 2 aromatic rings. The van der Waals surface area contributed by atoms with Gasteiger partial charge in [-0.15, -0.1) is 11.8 Å². The molecule has 0 atom stereocenters. The lowest BCUT2D eigenvalue weighted by Gasteiger charge is -2.21. The molecule has 2 heterocycles. The van der Waals surface area contributed by atoms with Gasteiger partial charge in [0.1, 0.15) is 7.11 Å². The second-order valence-corrected chi connectivity index (χ2v) is 7.00. The second kappa shape index (κ2) is 6.94. The van der Waals surface area contributed by atoms with Crippen molar-refractivity contribution >= 4 is 34.6 Å². The molecule has 126 valence electrons. The number of thioether (sulfide) groups is 1. The summed E-state index contributed by atoms with van der Waals surface area (Å²) in [6.07, 6.45) is 2.49. The van der Waals surface area contributed by atoms with Crippen molar-refractivity contribution in [3.05, 3.63) is 40.6 Å². The first-order valence-corrected chi connectivity index (χ1v) is 9.14. The van der Waals surface area contributed by atoms with Gasteiger partial charge in [0, 0.05) is 29.2 Å². The van der Waals surface area contributed by atoms with Gasteiger partial charge in [0.15, 0.2) is 0 Å². The summed E-state index contributed by atoms with van der Waals surface area (Å²) in [5.74, 6) is 1.10. The fourth-order valence-corrected chi connectivity index (χ4v) is 4.37. The molecule has 0 fully saturated rings. The molecule has 1 aromatic heterocycles. The minimum absolute atomic E-state index is 0.111. The molecule has 0 saturated carbocycles. The van der Waals surface area contributed by atoms with Gasteiger partial charge in [0.05, 0.1) is 22.3 Å². The van der Waals surface area contributed by atoms with E-state index in [1.165, 1.54) is 9.58 Å². The number of thiocarbonyl (C=S) groups is 1. The molecular formula is C17H19N3O2S2. The molecule has 0 radical (unpaired) electrons. The molecule has 0 bridgehead atoms. The monoisotopic (exact) mass is 361 g/mol. The highest BCUT2D eigenvalue weighted by atomic mass is 32.2. The number of benzene rings is 1. The Kier molecular flexibility index (Phi) is 4.91. The Hall–Kier alpha value is -1.86. The van der Waals surface area contributed by atoms with Crippen LogP contribution in [0.3, 0.4) is 0 Å². The zero-order valence-electron chi connectivity index (χ0n) is 13.9. The van der Waals surface area contributed by atoms with Crippen molar-refractivity contribution in [1.82, 2.24) is 9.78 Å². The first-order chi connectivity index (χ1) is 11.6. The van der Waals surface area contributed by atoms with Crippen LogP contribution < -0.4 is 0 Å². The molecular weight excluding hydrogens is 342 g/mol. The number of nitrogens with zero attached hydrogens (tertiary/aromatic N) is 3. The Labute approximate surface area is 150 Å². The number of fused-ring (bicyclic) bond motifs is 1. The Balaban J connectivity index is 2.09. The van der Waals surface area contributed by atoms with Crippen LogP contribution in [0.5, 0.6) is 5.88 Å². The van der Waals surface area contributed by atoms with E-state index in [0.717, 1.165) is 34.6 Å². The van der Waals surface area contributed by atoms with Crippen LogP contribution in [0.2, 0.25) is 0 Å². The van der Waals surface area contributed by atoms with Gasteiger partial charge in [-0.1, -0.05) is 23.4 Å². The fourth-order valence-electron chi connectivity index (χ4n) is 2.91. The van der Waals surface area contributed by atoms with Crippen LogP contribution in [-0.2, 0) is 11.4 Å². The summed E-state index contributed by atoms with van der Waals surface area (Å²) >= 11 is 7.45. The van der Waals surface area contributed by atoms with E-state index >= 15 is 0 Å². The minimum atomic E-state index is 0.111. The maximum Gasteiger partial charge on any atom is 0.218 e. The molecule has 1 aromatic carbocycles.